The highest BCUT2D eigenvalue weighted by Crippen LogP contribution is 2.35. The normalized spacial score (nSPS) is 23.5. The van der Waals surface area contributed by atoms with Crippen molar-refractivity contribution in [2.45, 2.75) is 64.3 Å². The van der Waals surface area contributed by atoms with Crippen molar-refractivity contribution >= 4 is 17.6 Å². The molecule has 1 fully saturated rings. The molecule has 1 atom stereocenters. The molecule has 1 aromatic rings. The Bertz CT molecular complexity index is 500. The molecule has 2 aliphatic rings. The van der Waals surface area contributed by atoms with Gasteiger partial charge in [-0.2, -0.15) is 0 Å². The lowest BCUT2D eigenvalue weighted by atomic mass is 9.87. The maximum absolute atomic E-state index is 4.82. The summed E-state index contributed by atoms with van der Waals surface area (Å²) in [6.45, 7) is 2.31. The third kappa shape index (κ3) is 3.30. The van der Waals surface area contributed by atoms with Gasteiger partial charge in [0.15, 0.2) is 0 Å². The van der Waals surface area contributed by atoms with Gasteiger partial charge in [-0.1, -0.05) is 38.2 Å². The molecule has 1 aliphatic carbocycles. The van der Waals surface area contributed by atoms with Crippen LogP contribution in [0.2, 0.25) is 0 Å². The van der Waals surface area contributed by atoms with Gasteiger partial charge >= 0.3 is 0 Å². The average Bonchev–Trinajstić information content (AvgIpc) is 2.52. The summed E-state index contributed by atoms with van der Waals surface area (Å²) in [6.07, 6.45) is 12.8. The fraction of sp³-hybridized carbons (Fsp3) is 0.632. The number of benzene rings is 1. The van der Waals surface area contributed by atoms with Gasteiger partial charge in [-0.05, 0) is 44.2 Å². The lowest BCUT2D eigenvalue weighted by Crippen LogP contribution is -2.33. The van der Waals surface area contributed by atoms with Crippen molar-refractivity contribution in [3.63, 3.8) is 0 Å². The number of anilines is 1. The van der Waals surface area contributed by atoms with E-state index >= 15 is 0 Å². The standard InChI is InChI=1S/C19H28N2/c1-15-11-12-17-18(9-6-10-19(17)21(15)2)20-14-13-16-7-4-3-5-8-16/h6,9-10,14-16H,3-5,7-8,11-13H2,1-2H3/b20-14+. The predicted molar refractivity (Wildman–Crippen MR) is 92.0 cm³/mol. The SMILES string of the molecule is CC1CCc2c(/N=C/CC3CCCCC3)cccc2N1C. The zero-order valence-electron chi connectivity index (χ0n) is 13.5. The number of rotatable bonds is 3. The van der Waals surface area contributed by atoms with Crippen LogP contribution in [0.3, 0.4) is 0 Å². The Kier molecular flexibility index (Phi) is 4.62. The molecular weight excluding hydrogens is 256 g/mol. The van der Waals surface area contributed by atoms with E-state index in [1.807, 2.05) is 0 Å². The van der Waals surface area contributed by atoms with E-state index in [1.54, 1.807) is 0 Å². The van der Waals surface area contributed by atoms with E-state index in [9.17, 15) is 0 Å². The fourth-order valence-electron chi connectivity index (χ4n) is 3.78. The first-order chi connectivity index (χ1) is 10.3. The van der Waals surface area contributed by atoms with E-state index in [4.69, 9.17) is 4.99 Å². The lowest BCUT2D eigenvalue weighted by molar-refractivity contribution is 0.370. The number of hydrogen-bond acceptors (Lipinski definition) is 2. The van der Waals surface area contributed by atoms with Gasteiger partial charge in [-0.15, -0.1) is 0 Å². The highest BCUT2D eigenvalue weighted by atomic mass is 15.1. The number of fused-ring (bicyclic) bond motifs is 1. The van der Waals surface area contributed by atoms with Crippen LogP contribution in [-0.4, -0.2) is 19.3 Å². The monoisotopic (exact) mass is 284 g/mol. The molecule has 1 aromatic carbocycles. The van der Waals surface area contributed by atoms with Crippen molar-refractivity contribution in [3.8, 4) is 0 Å². The largest absolute Gasteiger partial charge is 0.372 e. The van der Waals surface area contributed by atoms with E-state index in [-0.39, 0.29) is 0 Å². The molecule has 0 bridgehead atoms. The Morgan fingerprint density at radius 1 is 1.19 bits per heavy atom. The quantitative estimate of drug-likeness (QED) is 0.702. The Morgan fingerprint density at radius 3 is 2.81 bits per heavy atom. The fourth-order valence-corrected chi connectivity index (χ4v) is 3.78. The van der Waals surface area contributed by atoms with Crippen molar-refractivity contribution in [1.82, 2.24) is 0 Å². The highest BCUT2D eigenvalue weighted by molar-refractivity contribution is 5.71. The maximum Gasteiger partial charge on any atom is 0.0678 e. The van der Waals surface area contributed by atoms with Gasteiger partial charge < -0.3 is 4.90 Å². The van der Waals surface area contributed by atoms with Gasteiger partial charge in [-0.3, -0.25) is 4.99 Å². The van der Waals surface area contributed by atoms with Crippen LogP contribution >= 0.6 is 0 Å². The first kappa shape index (κ1) is 14.6. The predicted octanol–water partition coefficient (Wildman–Crippen LogP) is 5.13. The topological polar surface area (TPSA) is 15.6 Å². The minimum atomic E-state index is 0.638. The van der Waals surface area contributed by atoms with Gasteiger partial charge in [0.2, 0.25) is 0 Å². The van der Waals surface area contributed by atoms with Crippen LogP contribution in [0.15, 0.2) is 23.2 Å². The summed E-state index contributed by atoms with van der Waals surface area (Å²) >= 11 is 0. The molecule has 21 heavy (non-hydrogen) atoms. The molecule has 0 saturated heterocycles. The van der Waals surface area contributed by atoms with E-state index in [2.05, 4.69) is 43.3 Å². The second-order valence-corrected chi connectivity index (χ2v) is 6.82. The molecule has 1 aliphatic heterocycles. The van der Waals surface area contributed by atoms with Crippen LogP contribution in [0.25, 0.3) is 0 Å². The lowest BCUT2D eigenvalue weighted by Gasteiger charge is -2.34. The maximum atomic E-state index is 4.82. The molecule has 3 rings (SSSR count). The third-order valence-corrected chi connectivity index (χ3v) is 5.37. The van der Waals surface area contributed by atoms with Gasteiger partial charge in [-0.25, -0.2) is 0 Å². The van der Waals surface area contributed by atoms with Crippen LogP contribution in [0.1, 0.15) is 57.4 Å². The van der Waals surface area contributed by atoms with E-state index in [0.29, 0.717) is 6.04 Å². The molecule has 0 N–H and O–H groups in total. The van der Waals surface area contributed by atoms with Gasteiger partial charge in [0.1, 0.15) is 0 Å². The smallest absolute Gasteiger partial charge is 0.0678 e. The van der Waals surface area contributed by atoms with Crippen LogP contribution in [0, 0.1) is 5.92 Å². The Balaban J connectivity index is 1.71. The average molecular weight is 284 g/mol. The van der Waals surface area contributed by atoms with Crippen molar-refractivity contribution in [2.75, 3.05) is 11.9 Å². The molecule has 2 nitrogen and oxygen atoms in total. The number of nitrogens with zero attached hydrogens (tertiary/aromatic N) is 2. The van der Waals surface area contributed by atoms with Crippen LogP contribution in [0.5, 0.6) is 0 Å². The molecule has 114 valence electrons. The molecule has 0 aromatic heterocycles. The molecular formula is C19H28N2. The molecule has 1 heterocycles. The summed E-state index contributed by atoms with van der Waals surface area (Å²) in [5.74, 6) is 0.879. The summed E-state index contributed by atoms with van der Waals surface area (Å²) in [6, 6.07) is 7.21. The Hall–Kier alpha value is -1.31. The first-order valence-electron chi connectivity index (χ1n) is 8.63. The first-order valence-corrected chi connectivity index (χ1v) is 8.63. The summed E-state index contributed by atoms with van der Waals surface area (Å²) in [5, 5.41) is 0. The molecule has 1 unspecified atom stereocenters. The van der Waals surface area contributed by atoms with Crippen LogP contribution < -0.4 is 4.90 Å². The Morgan fingerprint density at radius 2 is 2.00 bits per heavy atom. The second kappa shape index (κ2) is 6.64. The van der Waals surface area contributed by atoms with Gasteiger partial charge in [0, 0.05) is 30.6 Å². The van der Waals surface area contributed by atoms with Gasteiger partial charge in [0.05, 0.1) is 5.69 Å². The van der Waals surface area contributed by atoms with E-state index < -0.39 is 0 Å². The molecule has 0 spiro atoms. The second-order valence-electron chi connectivity index (χ2n) is 6.82. The van der Waals surface area contributed by atoms with E-state index in [0.717, 1.165) is 18.8 Å². The minimum Gasteiger partial charge on any atom is -0.372 e. The zero-order chi connectivity index (χ0) is 14.7. The van der Waals surface area contributed by atoms with Crippen LogP contribution in [-0.2, 0) is 6.42 Å². The van der Waals surface area contributed by atoms with Crippen molar-refractivity contribution in [2.24, 2.45) is 10.9 Å². The van der Waals surface area contributed by atoms with Crippen LogP contribution in [0.4, 0.5) is 11.4 Å². The highest BCUT2D eigenvalue weighted by Gasteiger charge is 2.21. The molecule has 1 saturated carbocycles. The number of aliphatic imine (C=N–C) groups is 1. The van der Waals surface area contributed by atoms with Crippen molar-refractivity contribution in [3.05, 3.63) is 23.8 Å². The zero-order valence-corrected chi connectivity index (χ0v) is 13.5. The minimum absolute atomic E-state index is 0.638. The summed E-state index contributed by atoms with van der Waals surface area (Å²) < 4.78 is 0. The molecule has 2 heteroatoms. The van der Waals surface area contributed by atoms with E-state index in [1.165, 1.54) is 55.5 Å². The Labute approximate surface area is 129 Å². The van der Waals surface area contributed by atoms with Crippen molar-refractivity contribution < 1.29 is 0 Å². The number of hydrogen-bond donors (Lipinski definition) is 0. The van der Waals surface area contributed by atoms with Crippen molar-refractivity contribution in [1.29, 1.82) is 0 Å². The molecule has 0 amide bonds. The summed E-state index contributed by atoms with van der Waals surface area (Å²) in [4.78, 5) is 7.22. The van der Waals surface area contributed by atoms with Gasteiger partial charge in [0.25, 0.3) is 0 Å². The summed E-state index contributed by atoms with van der Waals surface area (Å²) in [5.41, 5.74) is 4.01. The third-order valence-electron chi connectivity index (χ3n) is 5.37. The summed E-state index contributed by atoms with van der Waals surface area (Å²) in [7, 11) is 2.21. The molecule has 0 radical (unpaired) electrons.